The third-order valence-electron chi connectivity index (χ3n) is 3.59. The van der Waals surface area contributed by atoms with Crippen LogP contribution in [-0.4, -0.2) is 42.2 Å². The minimum atomic E-state index is 0.00366. The number of likely N-dealkylation sites (tertiary alicyclic amines) is 1. The Balaban J connectivity index is 2.07. The summed E-state index contributed by atoms with van der Waals surface area (Å²) in [6, 6.07) is 6.37. The average molecular weight is 249 g/mol. The van der Waals surface area contributed by atoms with Crippen molar-refractivity contribution in [2.24, 2.45) is 5.92 Å². The third-order valence-corrected chi connectivity index (χ3v) is 3.59. The first-order chi connectivity index (χ1) is 8.61. The van der Waals surface area contributed by atoms with Gasteiger partial charge in [-0.1, -0.05) is 6.92 Å². The quantitative estimate of drug-likeness (QED) is 0.870. The van der Waals surface area contributed by atoms with Crippen molar-refractivity contribution in [3.63, 3.8) is 0 Å². The summed E-state index contributed by atoms with van der Waals surface area (Å²) in [5.74, 6) is 0.663. The maximum Gasteiger partial charge on any atom is 0.253 e. The van der Waals surface area contributed by atoms with Gasteiger partial charge in [0.25, 0.3) is 5.91 Å². The van der Waals surface area contributed by atoms with E-state index in [0.29, 0.717) is 18.0 Å². The summed E-state index contributed by atoms with van der Waals surface area (Å²) in [5, 5.41) is 9.22. The maximum absolute atomic E-state index is 12.3. The zero-order valence-corrected chi connectivity index (χ0v) is 10.8. The van der Waals surface area contributed by atoms with Crippen LogP contribution in [0.1, 0.15) is 23.7 Å². The number of piperidine rings is 1. The number of nitrogens with zero attached hydrogens (tertiary/aromatic N) is 1. The monoisotopic (exact) mass is 249 g/mol. The van der Waals surface area contributed by atoms with E-state index in [0.717, 1.165) is 13.0 Å². The van der Waals surface area contributed by atoms with Gasteiger partial charge in [-0.3, -0.25) is 4.79 Å². The van der Waals surface area contributed by atoms with Crippen molar-refractivity contribution in [1.29, 1.82) is 0 Å². The van der Waals surface area contributed by atoms with Crippen molar-refractivity contribution in [1.82, 2.24) is 4.90 Å². The lowest BCUT2D eigenvalue weighted by molar-refractivity contribution is -0.00156. The summed E-state index contributed by atoms with van der Waals surface area (Å²) in [7, 11) is 1.69. The Morgan fingerprint density at radius 3 is 2.67 bits per heavy atom. The van der Waals surface area contributed by atoms with E-state index in [1.54, 1.807) is 19.2 Å². The first-order valence-corrected chi connectivity index (χ1v) is 6.23. The number of carbonyl (C=O) groups excluding carboxylic acids is 1. The highest BCUT2D eigenvalue weighted by molar-refractivity contribution is 5.94. The first kappa shape index (κ1) is 12.9. The Hall–Kier alpha value is -1.55. The molecule has 1 saturated heterocycles. The van der Waals surface area contributed by atoms with Crippen molar-refractivity contribution in [3.05, 3.63) is 29.8 Å². The topological polar surface area (TPSA) is 49.8 Å². The van der Waals surface area contributed by atoms with Crippen LogP contribution in [0.15, 0.2) is 24.3 Å². The molecule has 1 aromatic carbocycles. The SMILES string of the molecule is COC1CN(C(=O)c2ccc(O)cc2)CCC1C. The van der Waals surface area contributed by atoms with Gasteiger partial charge in [0.05, 0.1) is 6.10 Å². The fourth-order valence-electron chi connectivity index (χ4n) is 2.31. The number of hydrogen-bond acceptors (Lipinski definition) is 3. The third kappa shape index (κ3) is 2.64. The summed E-state index contributed by atoms with van der Waals surface area (Å²) in [4.78, 5) is 14.1. The second kappa shape index (κ2) is 5.40. The van der Waals surface area contributed by atoms with E-state index < -0.39 is 0 Å². The first-order valence-electron chi connectivity index (χ1n) is 6.23. The van der Waals surface area contributed by atoms with Crippen molar-refractivity contribution in [2.75, 3.05) is 20.2 Å². The van der Waals surface area contributed by atoms with Crippen LogP contribution in [0.25, 0.3) is 0 Å². The van der Waals surface area contributed by atoms with Crippen LogP contribution < -0.4 is 0 Å². The zero-order chi connectivity index (χ0) is 13.1. The van der Waals surface area contributed by atoms with Gasteiger partial charge in [-0.15, -0.1) is 0 Å². The van der Waals surface area contributed by atoms with E-state index in [4.69, 9.17) is 4.74 Å². The molecule has 1 heterocycles. The van der Waals surface area contributed by atoms with Crippen LogP contribution in [-0.2, 0) is 4.74 Å². The number of aromatic hydroxyl groups is 1. The molecule has 2 atom stereocenters. The highest BCUT2D eigenvalue weighted by Crippen LogP contribution is 2.21. The van der Waals surface area contributed by atoms with Crippen LogP contribution in [0.4, 0.5) is 0 Å². The Labute approximate surface area is 107 Å². The molecule has 18 heavy (non-hydrogen) atoms. The fraction of sp³-hybridized carbons (Fsp3) is 0.500. The predicted octanol–water partition coefficient (Wildman–Crippen LogP) is 1.89. The van der Waals surface area contributed by atoms with Crippen molar-refractivity contribution in [2.45, 2.75) is 19.4 Å². The molecule has 1 amide bonds. The number of carbonyl (C=O) groups is 1. The van der Waals surface area contributed by atoms with Gasteiger partial charge in [-0.25, -0.2) is 0 Å². The van der Waals surface area contributed by atoms with Gasteiger partial charge >= 0.3 is 0 Å². The molecule has 1 aliphatic rings. The van der Waals surface area contributed by atoms with Crippen LogP contribution in [0.2, 0.25) is 0 Å². The van der Waals surface area contributed by atoms with E-state index in [1.165, 1.54) is 12.1 Å². The summed E-state index contributed by atoms with van der Waals surface area (Å²) < 4.78 is 5.40. The normalized spacial score (nSPS) is 24.0. The number of hydrogen-bond donors (Lipinski definition) is 1. The minimum Gasteiger partial charge on any atom is -0.508 e. The van der Waals surface area contributed by atoms with E-state index >= 15 is 0 Å². The lowest BCUT2D eigenvalue weighted by Crippen LogP contribution is -2.46. The fourth-order valence-corrected chi connectivity index (χ4v) is 2.31. The average Bonchev–Trinajstić information content (AvgIpc) is 2.39. The van der Waals surface area contributed by atoms with Gasteiger partial charge < -0.3 is 14.7 Å². The van der Waals surface area contributed by atoms with Crippen LogP contribution in [0.3, 0.4) is 0 Å². The molecule has 0 saturated carbocycles. The Bertz CT molecular complexity index is 416. The number of phenolic OH excluding ortho intramolecular Hbond substituents is 1. The predicted molar refractivity (Wildman–Crippen MR) is 68.6 cm³/mol. The second-order valence-electron chi connectivity index (χ2n) is 4.84. The number of benzene rings is 1. The standard InChI is InChI=1S/C14H19NO3/c1-10-7-8-15(9-13(10)18-2)14(17)11-3-5-12(16)6-4-11/h3-6,10,13,16H,7-9H2,1-2H3. The lowest BCUT2D eigenvalue weighted by atomic mass is 9.95. The zero-order valence-electron chi connectivity index (χ0n) is 10.8. The molecule has 2 unspecified atom stereocenters. The van der Waals surface area contributed by atoms with E-state index in [-0.39, 0.29) is 17.8 Å². The number of phenols is 1. The smallest absolute Gasteiger partial charge is 0.253 e. The van der Waals surface area contributed by atoms with E-state index in [9.17, 15) is 9.90 Å². The minimum absolute atomic E-state index is 0.00366. The highest BCUT2D eigenvalue weighted by Gasteiger charge is 2.29. The Morgan fingerprint density at radius 2 is 2.06 bits per heavy atom. The molecule has 1 aromatic rings. The molecule has 0 aliphatic carbocycles. The highest BCUT2D eigenvalue weighted by atomic mass is 16.5. The van der Waals surface area contributed by atoms with Gasteiger partial charge in [0.2, 0.25) is 0 Å². The molecule has 0 bridgehead atoms. The van der Waals surface area contributed by atoms with Crippen LogP contribution in [0, 0.1) is 5.92 Å². The second-order valence-corrected chi connectivity index (χ2v) is 4.84. The largest absolute Gasteiger partial charge is 0.508 e. The number of ether oxygens (including phenoxy) is 1. The van der Waals surface area contributed by atoms with Gasteiger partial charge in [0.1, 0.15) is 5.75 Å². The molecule has 2 rings (SSSR count). The lowest BCUT2D eigenvalue weighted by Gasteiger charge is -2.36. The summed E-state index contributed by atoms with van der Waals surface area (Å²) in [5.41, 5.74) is 0.609. The van der Waals surface area contributed by atoms with Gasteiger partial charge in [-0.2, -0.15) is 0 Å². The van der Waals surface area contributed by atoms with Gasteiger partial charge in [0, 0.05) is 25.8 Å². The molecule has 1 aliphatic heterocycles. The van der Waals surface area contributed by atoms with E-state index in [1.807, 2.05) is 4.90 Å². The molecule has 98 valence electrons. The molecule has 4 heteroatoms. The van der Waals surface area contributed by atoms with E-state index in [2.05, 4.69) is 6.92 Å². The molecule has 4 nitrogen and oxygen atoms in total. The molecular weight excluding hydrogens is 230 g/mol. The molecule has 1 fully saturated rings. The molecular formula is C14H19NO3. The van der Waals surface area contributed by atoms with Crippen LogP contribution in [0.5, 0.6) is 5.75 Å². The van der Waals surface area contributed by atoms with Crippen molar-refractivity contribution < 1.29 is 14.6 Å². The summed E-state index contributed by atoms with van der Waals surface area (Å²) in [6.07, 6.45) is 1.07. The number of amides is 1. The van der Waals surface area contributed by atoms with Crippen molar-refractivity contribution in [3.8, 4) is 5.75 Å². The number of rotatable bonds is 2. The summed E-state index contributed by atoms with van der Waals surface area (Å²) in [6.45, 7) is 3.55. The van der Waals surface area contributed by atoms with Gasteiger partial charge in [0.15, 0.2) is 0 Å². The number of methoxy groups -OCH3 is 1. The van der Waals surface area contributed by atoms with Gasteiger partial charge in [-0.05, 0) is 36.6 Å². The maximum atomic E-state index is 12.3. The molecule has 0 aromatic heterocycles. The van der Waals surface area contributed by atoms with Crippen LogP contribution >= 0.6 is 0 Å². The van der Waals surface area contributed by atoms with Crippen molar-refractivity contribution >= 4 is 5.91 Å². The summed E-state index contributed by atoms with van der Waals surface area (Å²) >= 11 is 0. The molecule has 0 radical (unpaired) electrons. The Morgan fingerprint density at radius 1 is 1.39 bits per heavy atom. The Kier molecular flexibility index (Phi) is 3.87. The molecule has 1 N–H and O–H groups in total. The molecule has 0 spiro atoms.